The number of carboxylic acid groups (broad SMARTS) is 1. The van der Waals surface area contributed by atoms with Crippen LogP contribution in [0.4, 0.5) is 14.5 Å². The van der Waals surface area contributed by atoms with Crippen molar-refractivity contribution in [2.45, 2.75) is 25.7 Å². The van der Waals surface area contributed by atoms with Crippen molar-refractivity contribution in [1.82, 2.24) is 4.31 Å². The van der Waals surface area contributed by atoms with Gasteiger partial charge in [0.05, 0.1) is 11.3 Å². The van der Waals surface area contributed by atoms with E-state index in [-0.39, 0.29) is 25.2 Å². The maximum atomic E-state index is 13.2. The molecule has 9 heteroatoms. The number of carbonyl (C=O) groups is 1. The van der Waals surface area contributed by atoms with E-state index in [9.17, 15) is 22.0 Å². The van der Waals surface area contributed by atoms with Crippen LogP contribution in [-0.2, 0) is 10.2 Å². The van der Waals surface area contributed by atoms with Crippen molar-refractivity contribution in [2.24, 2.45) is 0 Å². The average Bonchev–Trinajstić information content (AvgIpc) is 2.47. The molecule has 1 aliphatic rings. The van der Waals surface area contributed by atoms with Crippen LogP contribution in [0.3, 0.4) is 0 Å². The van der Waals surface area contributed by atoms with Gasteiger partial charge in [0.2, 0.25) is 0 Å². The minimum absolute atomic E-state index is 0.0415. The smallest absolute Gasteiger partial charge is 0.335 e. The molecular weight excluding hydrogens is 330 g/mol. The van der Waals surface area contributed by atoms with Crippen molar-refractivity contribution < 1.29 is 27.1 Å². The van der Waals surface area contributed by atoms with Gasteiger partial charge in [-0.25, -0.2) is 13.6 Å². The van der Waals surface area contributed by atoms with Gasteiger partial charge in [0.15, 0.2) is 0 Å². The predicted octanol–water partition coefficient (Wildman–Crippen LogP) is 2.19. The van der Waals surface area contributed by atoms with Crippen LogP contribution in [0.1, 0.15) is 30.1 Å². The molecule has 0 aliphatic carbocycles. The Hall–Kier alpha value is -1.74. The molecule has 0 amide bonds. The lowest BCUT2D eigenvalue weighted by atomic mass is 10.1. The van der Waals surface area contributed by atoms with E-state index in [1.54, 1.807) is 6.92 Å². The Morgan fingerprint density at radius 3 is 2.22 bits per heavy atom. The monoisotopic (exact) mass is 348 g/mol. The Kier molecular flexibility index (Phi) is 4.90. The van der Waals surface area contributed by atoms with Gasteiger partial charge in [-0.15, -0.1) is 0 Å². The van der Waals surface area contributed by atoms with Crippen molar-refractivity contribution in [1.29, 1.82) is 0 Å². The summed E-state index contributed by atoms with van der Waals surface area (Å²) in [5.74, 6) is -3.94. The molecule has 0 unspecified atom stereocenters. The Morgan fingerprint density at radius 2 is 1.78 bits per heavy atom. The molecular formula is C14H18F2N2O4S. The summed E-state index contributed by atoms with van der Waals surface area (Å²) in [7, 11) is -3.92. The molecule has 1 N–H and O–H groups in total. The number of anilines is 1. The third-order valence-corrected chi connectivity index (χ3v) is 5.79. The maximum absolute atomic E-state index is 13.2. The lowest BCUT2D eigenvalue weighted by molar-refractivity contribution is -0.0412. The first kappa shape index (κ1) is 17.6. The molecule has 0 saturated carbocycles. The second-order valence-corrected chi connectivity index (χ2v) is 7.13. The van der Waals surface area contributed by atoms with Crippen molar-refractivity contribution >= 4 is 21.9 Å². The summed E-state index contributed by atoms with van der Waals surface area (Å²) in [5, 5.41) is 8.87. The Labute approximate surface area is 133 Å². The minimum Gasteiger partial charge on any atom is -0.478 e. The van der Waals surface area contributed by atoms with Crippen molar-refractivity contribution in [2.75, 3.05) is 23.9 Å². The Morgan fingerprint density at radius 1 is 1.26 bits per heavy atom. The molecule has 1 aromatic carbocycles. The van der Waals surface area contributed by atoms with E-state index < -0.39 is 34.9 Å². The minimum atomic E-state index is -3.92. The van der Waals surface area contributed by atoms with E-state index in [0.717, 1.165) is 8.61 Å². The fourth-order valence-electron chi connectivity index (χ4n) is 2.43. The standard InChI is InChI=1S/C14H18F2N2O4S/c1-2-18(12-5-3-11(4-6-12)13(19)20)23(21,22)17-9-7-14(15,16)8-10-17/h3-6H,2,7-10H2,1H3,(H,19,20). The zero-order valence-electron chi connectivity index (χ0n) is 12.6. The third-order valence-electron chi connectivity index (χ3n) is 3.75. The zero-order valence-corrected chi connectivity index (χ0v) is 13.4. The topological polar surface area (TPSA) is 77.9 Å². The number of aromatic carboxylic acids is 1. The van der Waals surface area contributed by atoms with E-state index in [4.69, 9.17) is 5.11 Å². The predicted molar refractivity (Wildman–Crippen MR) is 81.1 cm³/mol. The van der Waals surface area contributed by atoms with Crippen LogP contribution >= 0.6 is 0 Å². The molecule has 6 nitrogen and oxygen atoms in total. The second kappa shape index (κ2) is 6.40. The van der Waals surface area contributed by atoms with E-state index in [2.05, 4.69) is 0 Å². The Bertz CT molecular complexity index is 667. The lowest BCUT2D eigenvalue weighted by Gasteiger charge is -2.35. The van der Waals surface area contributed by atoms with Crippen LogP contribution < -0.4 is 4.31 Å². The van der Waals surface area contributed by atoms with Crippen LogP contribution in [0, 0.1) is 0 Å². The van der Waals surface area contributed by atoms with Crippen LogP contribution in [-0.4, -0.2) is 49.4 Å². The molecule has 1 aliphatic heterocycles. The van der Waals surface area contributed by atoms with E-state index in [1.165, 1.54) is 24.3 Å². The number of carboxylic acids is 1. The molecule has 0 aromatic heterocycles. The summed E-state index contributed by atoms with van der Waals surface area (Å²) in [6.07, 6.45) is -0.997. The SMILES string of the molecule is CCN(c1ccc(C(=O)O)cc1)S(=O)(=O)N1CCC(F)(F)CC1. The van der Waals surface area contributed by atoms with E-state index >= 15 is 0 Å². The van der Waals surface area contributed by atoms with Gasteiger partial charge in [-0.3, -0.25) is 4.31 Å². The number of piperidine rings is 1. The number of hydrogen-bond acceptors (Lipinski definition) is 3. The number of benzene rings is 1. The fraction of sp³-hybridized carbons (Fsp3) is 0.500. The maximum Gasteiger partial charge on any atom is 0.335 e. The molecule has 0 atom stereocenters. The van der Waals surface area contributed by atoms with Gasteiger partial charge in [-0.1, -0.05) is 0 Å². The molecule has 0 spiro atoms. The van der Waals surface area contributed by atoms with Gasteiger partial charge in [0.25, 0.3) is 5.92 Å². The second-order valence-electron chi connectivity index (χ2n) is 5.28. The van der Waals surface area contributed by atoms with Gasteiger partial charge in [-0.05, 0) is 31.2 Å². The summed E-state index contributed by atoms with van der Waals surface area (Å²) >= 11 is 0. The first-order valence-electron chi connectivity index (χ1n) is 7.16. The van der Waals surface area contributed by atoms with Gasteiger partial charge in [0, 0.05) is 32.5 Å². The van der Waals surface area contributed by atoms with E-state index in [0.29, 0.717) is 5.69 Å². The van der Waals surface area contributed by atoms with Gasteiger partial charge >= 0.3 is 16.2 Å². The average molecular weight is 348 g/mol. The van der Waals surface area contributed by atoms with Gasteiger partial charge < -0.3 is 5.11 Å². The normalized spacial score (nSPS) is 18.6. The highest BCUT2D eigenvalue weighted by atomic mass is 32.2. The summed E-state index contributed by atoms with van der Waals surface area (Å²) in [5.41, 5.74) is 0.342. The van der Waals surface area contributed by atoms with Crippen molar-refractivity contribution in [3.8, 4) is 0 Å². The number of rotatable bonds is 5. The molecule has 1 heterocycles. The highest BCUT2D eigenvalue weighted by molar-refractivity contribution is 7.90. The van der Waals surface area contributed by atoms with Crippen LogP contribution in [0.15, 0.2) is 24.3 Å². The lowest BCUT2D eigenvalue weighted by Crippen LogP contribution is -2.49. The first-order chi connectivity index (χ1) is 10.7. The summed E-state index contributed by atoms with van der Waals surface area (Å²) in [4.78, 5) is 10.8. The van der Waals surface area contributed by atoms with Crippen molar-refractivity contribution in [3.63, 3.8) is 0 Å². The fourth-order valence-corrected chi connectivity index (χ4v) is 4.07. The van der Waals surface area contributed by atoms with Gasteiger partial charge in [0.1, 0.15) is 0 Å². The number of hydrogen-bond donors (Lipinski definition) is 1. The summed E-state index contributed by atoms with van der Waals surface area (Å²) in [6, 6.07) is 5.40. The molecule has 0 bridgehead atoms. The summed E-state index contributed by atoms with van der Waals surface area (Å²) in [6.45, 7) is 1.26. The van der Waals surface area contributed by atoms with E-state index in [1.807, 2.05) is 0 Å². The largest absolute Gasteiger partial charge is 0.478 e. The molecule has 1 saturated heterocycles. The molecule has 1 fully saturated rings. The van der Waals surface area contributed by atoms with Crippen molar-refractivity contribution in [3.05, 3.63) is 29.8 Å². The molecule has 1 aromatic rings. The number of halogens is 2. The number of alkyl halides is 2. The third kappa shape index (κ3) is 3.78. The number of nitrogens with zero attached hydrogens (tertiary/aromatic N) is 2. The quantitative estimate of drug-likeness (QED) is 0.885. The highest BCUT2D eigenvalue weighted by Gasteiger charge is 2.40. The molecule has 128 valence electrons. The Balaban J connectivity index is 2.23. The molecule has 2 rings (SSSR count). The van der Waals surface area contributed by atoms with Crippen LogP contribution in [0.5, 0.6) is 0 Å². The van der Waals surface area contributed by atoms with Crippen LogP contribution in [0.25, 0.3) is 0 Å². The summed E-state index contributed by atoms with van der Waals surface area (Å²) < 4.78 is 53.8. The molecule has 23 heavy (non-hydrogen) atoms. The highest BCUT2D eigenvalue weighted by Crippen LogP contribution is 2.30. The first-order valence-corrected chi connectivity index (χ1v) is 8.56. The zero-order chi connectivity index (χ0) is 17.3. The van der Waals surface area contributed by atoms with Gasteiger partial charge in [-0.2, -0.15) is 12.7 Å². The molecule has 0 radical (unpaired) electrons. The van der Waals surface area contributed by atoms with Crippen LogP contribution in [0.2, 0.25) is 0 Å².